The summed E-state index contributed by atoms with van der Waals surface area (Å²) >= 11 is 11.0. The molecule has 0 heterocycles. The van der Waals surface area contributed by atoms with Crippen molar-refractivity contribution in [2.45, 2.75) is 6.61 Å². The number of carboxylic acid groups (broad SMARTS) is 1. The van der Waals surface area contributed by atoms with Gasteiger partial charge in [-0.05, 0) is 60.2 Å². The number of anilines is 1. The number of carboxylic acids is 1. The normalized spacial score (nSPS) is 10.2. The Hall–Kier alpha value is -3.42. The summed E-state index contributed by atoms with van der Waals surface area (Å²) < 4.78 is 5.68. The van der Waals surface area contributed by atoms with Gasteiger partial charge >= 0.3 is 5.97 Å². The number of hydrogen-bond donors (Lipinski definition) is 3. The second-order valence-corrected chi connectivity index (χ2v) is 7.02. The number of benzene rings is 3. The van der Waals surface area contributed by atoms with Crippen LogP contribution in [0.3, 0.4) is 0 Å². The average molecular weight is 441 g/mol. The van der Waals surface area contributed by atoms with E-state index in [2.05, 4.69) is 10.6 Å². The zero-order chi connectivity index (χ0) is 21.5. The van der Waals surface area contributed by atoms with Crippen molar-refractivity contribution < 1.29 is 19.4 Å². The van der Waals surface area contributed by atoms with Gasteiger partial charge in [-0.25, -0.2) is 4.79 Å². The number of rotatable bonds is 6. The minimum Gasteiger partial charge on any atom is -0.489 e. The Labute approximate surface area is 183 Å². The number of ether oxygens (including phenoxy) is 1. The molecule has 0 radical (unpaired) electrons. The van der Waals surface area contributed by atoms with Gasteiger partial charge in [0.2, 0.25) is 0 Å². The van der Waals surface area contributed by atoms with E-state index >= 15 is 0 Å². The number of carbonyl (C=O) groups excluding carboxylic acids is 1. The van der Waals surface area contributed by atoms with Gasteiger partial charge in [-0.3, -0.25) is 10.1 Å². The van der Waals surface area contributed by atoms with Crippen molar-refractivity contribution in [3.63, 3.8) is 0 Å². The fourth-order valence-electron chi connectivity index (χ4n) is 2.54. The summed E-state index contributed by atoms with van der Waals surface area (Å²) in [6.45, 7) is 0.383. The van der Waals surface area contributed by atoms with E-state index in [1.165, 1.54) is 12.1 Å². The number of thiocarbonyl (C=S) groups is 1. The first-order chi connectivity index (χ1) is 14.4. The zero-order valence-corrected chi connectivity index (χ0v) is 17.2. The van der Waals surface area contributed by atoms with Crippen LogP contribution in [-0.4, -0.2) is 22.1 Å². The van der Waals surface area contributed by atoms with Crippen LogP contribution in [0.25, 0.3) is 0 Å². The molecule has 3 N–H and O–H groups in total. The Bertz CT molecular complexity index is 1070. The number of halogens is 1. The molecule has 152 valence electrons. The highest BCUT2D eigenvalue weighted by atomic mass is 35.5. The Balaban J connectivity index is 1.55. The highest BCUT2D eigenvalue weighted by molar-refractivity contribution is 7.80. The van der Waals surface area contributed by atoms with Gasteiger partial charge in [0, 0.05) is 11.3 Å². The van der Waals surface area contributed by atoms with Crippen molar-refractivity contribution in [2.75, 3.05) is 5.32 Å². The Morgan fingerprint density at radius 2 is 1.70 bits per heavy atom. The molecule has 0 unspecified atom stereocenters. The van der Waals surface area contributed by atoms with Gasteiger partial charge in [0.25, 0.3) is 5.91 Å². The third-order valence-corrected chi connectivity index (χ3v) is 4.58. The maximum atomic E-state index is 12.4. The van der Waals surface area contributed by atoms with E-state index in [0.29, 0.717) is 17.9 Å². The molecule has 0 saturated heterocycles. The molecule has 3 rings (SSSR count). The van der Waals surface area contributed by atoms with E-state index in [0.717, 1.165) is 11.3 Å². The van der Waals surface area contributed by atoms with E-state index in [9.17, 15) is 9.59 Å². The zero-order valence-electron chi connectivity index (χ0n) is 15.6. The fourth-order valence-corrected chi connectivity index (χ4v) is 2.95. The molecular weight excluding hydrogens is 424 g/mol. The minimum absolute atomic E-state index is 0.0372. The van der Waals surface area contributed by atoms with Crippen molar-refractivity contribution in [3.8, 4) is 5.75 Å². The topological polar surface area (TPSA) is 87.7 Å². The monoisotopic (exact) mass is 440 g/mol. The smallest absolute Gasteiger partial charge is 0.337 e. The predicted octanol–water partition coefficient (Wildman–Crippen LogP) is 4.74. The van der Waals surface area contributed by atoms with Gasteiger partial charge in [-0.15, -0.1) is 0 Å². The molecule has 3 aromatic rings. The van der Waals surface area contributed by atoms with Gasteiger partial charge in [-0.2, -0.15) is 0 Å². The number of amides is 1. The molecule has 0 aliphatic carbocycles. The maximum absolute atomic E-state index is 12.4. The lowest BCUT2D eigenvalue weighted by molar-refractivity contribution is 0.0697. The lowest BCUT2D eigenvalue weighted by Crippen LogP contribution is -2.34. The van der Waals surface area contributed by atoms with Crippen LogP contribution in [0.5, 0.6) is 5.75 Å². The van der Waals surface area contributed by atoms with Crippen LogP contribution < -0.4 is 15.4 Å². The van der Waals surface area contributed by atoms with Crippen LogP contribution in [-0.2, 0) is 6.61 Å². The van der Waals surface area contributed by atoms with Crippen molar-refractivity contribution in [1.82, 2.24) is 5.32 Å². The largest absolute Gasteiger partial charge is 0.489 e. The first-order valence-electron chi connectivity index (χ1n) is 8.84. The van der Waals surface area contributed by atoms with Crippen LogP contribution in [0.15, 0.2) is 72.8 Å². The van der Waals surface area contributed by atoms with Crippen molar-refractivity contribution >= 4 is 46.5 Å². The van der Waals surface area contributed by atoms with Gasteiger partial charge < -0.3 is 15.2 Å². The van der Waals surface area contributed by atoms with Crippen molar-refractivity contribution in [1.29, 1.82) is 0 Å². The van der Waals surface area contributed by atoms with E-state index < -0.39 is 11.9 Å². The Kier molecular flexibility index (Phi) is 7.00. The van der Waals surface area contributed by atoms with Crippen LogP contribution in [0.2, 0.25) is 5.02 Å². The predicted molar refractivity (Wildman–Crippen MR) is 119 cm³/mol. The molecule has 8 heteroatoms. The number of nitrogens with one attached hydrogen (secondary N) is 2. The minimum atomic E-state index is -1.16. The standard InChI is InChI=1S/C22H17ClN2O4S/c23-19-11-10-16(12-18(19)21(27)28)24-22(30)25-20(26)15-8-6-14(7-9-15)13-29-17-4-2-1-3-5-17/h1-12H,13H2,(H,27,28)(H2,24,25,26,30). The van der Waals surface area contributed by atoms with Gasteiger partial charge in [-0.1, -0.05) is 41.9 Å². The van der Waals surface area contributed by atoms with E-state index in [1.807, 2.05) is 30.3 Å². The number of aromatic carboxylic acids is 1. The Morgan fingerprint density at radius 1 is 1.00 bits per heavy atom. The molecule has 0 bridgehead atoms. The molecule has 0 fully saturated rings. The summed E-state index contributed by atoms with van der Waals surface area (Å²) in [5.41, 5.74) is 1.67. The molecule has 0 spiro atoms. The molecule has 0 saturated carbocycles. The molecule has 3 aromatic carbocycles. The molecular formula is C22H17ClN2O4S. The second-order valence-electron chi connectivity index (χ2n) is 6.21. The first kappa shape index (κ1) is 21.3. The van der Waals surface area contributed by atoms with Crippen molar-refractivity contribution in [2.24, 2.45) is 0 Å². The molecule has 30 heavy (non-hydrogen) atoms. The Morgan fingerprint density at radius 3 is 2.37 bits per heavy atom. The van der Waals surface area contributed by atoms with Crippen LogP contribution in [0.4, 0.5) is 5.69 Å². The van der Waals surface area contributed by atoms with Gasteiger partial charge in [0.15, 0.2) is 5.11 Å². The van der Waals surface area contributed by atoms with Gasteiger partial charge in [0.1, 0.15) is 12.4 Å². The highest BCUT2D eigenvalue weighted by Crippen LogP contribution is 2.20. The first-order valence-corrected chi connectivity index (χ1v) is 9.63. The van der Waals surface area contributed by atoms with E-state index in [-0.39, 0.29) is 15.7 Å². The molecule has 6 nitrogen and oxygen atoms in total. The quantitative estimate of drug-likeness (QED) is 0.480. The van der Waals surface area contributed by atoms with E-state index in [1.54, 1.807) is 30.3 Å². The van der Waals surface area contributed by atoms with Crippen molar-refractivity contribution in [3.05, 3.63) is 94.5 Å². The highest BCUT2D eigenvalue weighted by Gasteiger charge is 2.12. The molecule has 0 aliphatic rings. The van der Waals surface area contributed by atoms with Crippen LogP contribution in [0, 0.1) is 0 Å². The maximum Gasteiger partial charge on any atom is 0.337 e. The number of hydrogen-bond acceptors (Lipinski definition) is 4. The SMILES string of the molecule is O=C(NC(=S)Nc1ccc(Cl)c(C(=O)O)c1)c1ccc(COc2ccccc2)cc1. The molecule has 1 amide bonds. The number of carbonyl (C=O) groups is 2. The average Bonchev–Trinajstić information content (AvgIpc) is 2.74. The van der Waals surface area contributed by atoms with Crippen LogP contribution >= 0.6 is 23.8 Å². The summed E-state index contributed by atoms with van der Waals surface area (Å²) in [5, 5.41) is 14.6. The van der Waals surface area contributed by atoms with Crippen LogP contribution in [0.1, 0.15) is 26.3 Å². The summed E-state index contributed by atoms with van der Waals surface area (Å²) in [4.78, 5) is 23.5. The molecule has 0 aliphatic heterocycles. The van der Waals surface area contributed by atoms with Gasteiger partial charge in [0.05, 0.1) is 10.6 Å². The summed E-state index contributed by atoms with van der Waals surface area (Å²) in [6.07, 6.45) is 0. The lowest BCUT2D eigenvalue weighted by Gasteiger charge is -2.11. The third-order valence-electron chi connectivity index (χ3n) is 4.05. The second kappa shape index (κ2) is 9.87. The molecule has 0 atom stereocenters. The fraction of sp³-hybridized carbons (Fsp3) is 0.0455. The summed E-state index contributed by atoms with van der Waals surface area (Å²) in [5.74, 6) is -0.783. The third kappa shape index (κ3) is 5.79. The lowest BCUT2D eigenvalue weighted by atomic mass is 10.1. The summed E-state index contributed by atoms with van der Waals surface area (Å²) in [6, 6.07) is 20.7. The van der Waals surface area contributed by atoms with E-state index in [4.69, 9.17) is 33.7 Å². The molecule has 0 aromatic heterocycles. The number of para-hydroxylation sites is 1. The summed E-state index contributed by atoms with van der Waals surface area (Å²) in [7, 11) is 0.